The lowest BCUT2D eigenvalue weighted by atomic mass is 10.0. The van der Waals surface area contributed by atoms with E-state index in [0.29, 0.717) is 0 Å². The van der Waals surface area contributed by atoms with Gasteiger partial charge in [-0.3, -0.25) is 19.3 Å². The van der Waals surface area contributed by atoms with Crippen LogP contribution in [-0.4, -0.2) is 35.9 Å². The molecule has 1 aliphatic rings. The molecule has 198 valence electrons. The number of aromatic nitrogens is 1. The van der Waals surface area contributed by atoms with Crippen molar-refractivity contribution in [3.63, 3.8) is 0 Å². The maximum Gasteiger partial charge on any atom is 0.254 e. The highest BCUT2D eigenvalue weighted by Gasteiger charge is 2.57. The molecule has 3 aromatic rings. The fourth-order valence-corrected chi connectivity index (χ4v) is 3.63. The smallest absolute Gasteiger partial charge is 0.254 e. The van der Waals surface area contributed by atoms with Crippen molar-refractivity contribution in [3.05, 3.63) is 72.2 Å². The van der Waals surface area contributed by atoms with E-state index in [9.17, 15) is 18.8 Å². The lowest BCUT2D eigenvalue weighted by molar-refractivity contribution is -0.133. The number of nitrogens with one attached hydrogen (secondary N) is 1. The van der Waals surface area contributed by atoms with Gasteiger partial charge in [-0.2, -0.15) is 0 Å². The highest BCUT2D eigenvalue weighted by Crippen LogP contribution is 2.49. The van der Waals surface area contributed by atoms with Crippen molar-refractivity contribution in [2.24, 2.45) is 11.1 Å². The van der Waals surface area contributed by atoms with Crippen molar-refractivity contribution in [2.75, 3.05) is 17.3 Å². The molecule has 9 nitrogen and oxygen atoms in total. The minimum atomic E-state index is -1.56. The molecule has 4 rings (SSSR count). The second-order valence-electron chi connectivity index (χ2n) is 8.64. The number of hydrogen-bond acceptors (Lipinski definition) is 6. The van der Waals surface area contributed by atoms with E-state index in [1.807, 2.05) is 0 Å². The largest absolute Gasteiger partial charge is 0.454 e. The predicted molar refractivity (Wildman–Crippen MR) is 130 cm³/mol. The second-order valence-corrected chi connectivity index (χ2v) is 8.64. The van der Waals surface area contributed by atoms with Crippen molar-refractivity contribution in [3.8, 4) is 11.5 Å². The van der Waals surface area contributed by atoms with E-state index in [1.54, 1.807) is 0 Å². The molecule has 1 saturated carbocycles. The van der Waals surface area contributed by atoms with Crippen LogP contribution in [0.2, 0.25) is 0 Å². The first-order valence-electron chi connectivity index (χ1n) is 11.4. The molecule has 0 radical (unpaired) electrons. The Bertz CT molecular complexity index is 1400. The maximum atomic E-state index is 15.4. The number of hydrogen-bond donors (Lipinski definition) is 2. The van der Waals surface area contributed by atoms with Crippen LogP contribution in [0.5, 0.6) is 11.5 Å². The van der Waals surface area contributed by atoms with Crippen molar-refractivity contribution in [1.82, 2.24) is 4.98 Å². The third kappa shape index (κ3) is 5.30. The van der Waals surface area contributed by atoms with E-state index in [4.69, 9.17) is 15.2 Å². The van der Waals surface area contributed by atoms with Gasteiger partial charge in [-0.25, -0.2) is 18.2 Å². The molecule has 0 spiro atoms. The van der Waals surface area contributed by atoms with E-state index in [-0.39, 0.29) is 30.1 Å². The summed E-state index contributed by atoms with van der Waals surface area (Å²) in [6, 6.07) is 8.59. The standard InChI is InChI=1S/C26H23F3N4O5/c1-14(37-2)23(34)32-22-11-17(7-10-31-22)38-21-13-18(28)20(12-19(21)29)33(16-5-3-15(27)4-6-16)25(36)26(8-9-26)24(30)35/h3-7,10-14H,8-9H2,1-2H3,(H2,30,35)(H,31,32,34)/t14-/m0/s1. The summed E-state index contributed by atoms with van der Waals surface area (Å²) in [5, 5.41) is 2.50. The molecule has 3 amide bonds. The Morgan fingerprint density at radius 3 is 2.34 bits per heavy atom. The number of ether oxygens (including phenoxy) is 2. The van der Waals surface area contributed by atoms with Gasteiger partial charge < -0.3 is 20.5 Å². The predicted octanol–water partition coefficient (Wildman–Crippen LogP) is 4.19. The van der Waals surface area contributed by atoms with E-state index in [1.165, 1.54) is 44.5 Å². The number of methoxy groups -OCH3 is 1. The average molecular weight is 528 g/mol. The average Bonchev–Trinajstić information content (AvgIpc) is 3.70. The summed E-state index contributed by atoms with van der Waals surface area (Å²) < 4.78 is 54.5. The zero-order valence-corrected chi connectivity index (χ0v) is 20.3. The fourth-order valence-electron chi connectivity index (χ4n) is 3.63. The number of nitrogens with zero attached hydrogens (tertiary/aromatic N) is 2. The summed E-state index contributed by atoms with van der Waals surface area (Å²) in [4.78, 5) is 42.1. The molecule has 0 saturated heterocycles. The molecular weight excluding hydrogens is 505 g/mol. The van der Waals surface area contributed by atoms with Crippen molar-refractivity contribution in [2.45, 2.75) is 25.9 Å². The number of carbonyl (C=O) groups is 3. The first-order chi connectivity index (χ1) is 18.1. The van der Waals surface area contributed by atoms with Crippen LogP contribution in [0, 0.1) is 22.9 Å². The molecule has 12 heteroatoms. The normalized spacial score (nSPS) is 14.3. The molecular formula is C26H23F3N4O5. The number of carbonyl (C=O) groups excluding carboxylic acids is 3. The minimum Gasteiger partial charge on any atom is -0.454 e. The summed E-state index contributed by atoms with van der Waals surface area (Å²) in [7, 11) is 1.36. The number of anilines is 3. The quantitative estimate of drug-likeness (QED) is 0.402. The van der Waals surface area contributed by atoms with Crippen molar-refractivity contribution in [1.29, 1.82) is 0 Å². The van der Waals surface area contributed by atoms with Crippen LogP contribution in [0.1, 0.15) is 19.8 Å². The van der Waals surface area contributed by atoms with Gasteiger partial charge in [0.2, 0.25) is 11.8 Å². The SMILES string of the molecule is CO[C@@H](C)C(=O)Nc1cc(Oc2cc(F)c(N(C(=O)C3(C(N)=O)CC3)c3ccc(F)cc3)cc2F)ccn1. The number of halogens is 3. The Kier molecular flexibility index (Phi) is 7.35. The Labute approximate surface area is 215 Å². The summed E-state index contributed by atoms with van der Waals surface area (Å²) in [6.07, 6.45) is 0.831. The van der Waals surface area contributed by atoms with Gasteiger partial charge in [-0.05, 0) is 50.1 Å². The van der Waals surface area contributed by atoms with Crippen LogP contribution in [0.3, 0.4) is 0 Å². The summed E-state index contributed by atoms with van der Waals surface area (Å²) >= 11 is 0. The number of amides is 3. The maximum absolute atomic E-state index is 15.4. The summed E-state index contributed by atoms with van der Waals surface area (Å²) in [6.45, 7) is 1.53. The molecule has 0 bridgehead atoms. The molecule has 1 fully saturated rings. The van der Waals surface area contributed by atoms with Crippen LogP contribution < -0.4 is 20.7 Å². The fraction of sp³-hybridized carbons (Fsp3) is 0.231. The number of primary amides is 1. The van der Waals surface area contributed by atoms with Gasteiger partial charge in [0.25, 0.3) is 5.91 Å². The van der Waals surface area contributed by atoms with E-state index in [0.717, 1.165) is 29.2 Å². The topological polar surface area (TPSA) is 124 Å². The van der Waals surface area contributed by atoms with Gasteiger partial charge in [0.05, 0.1) is 5.69 Å². The number of benzene rings is 2. The van der Waals surface area contributed by atoms with Gasteiger partial charge in [0.1, 0.15) is 28.9 Å². The van der Waals surface area contributed by atoms with Gasteiger partial charge in [-0.1, -0.05) is 0 Å². The highest BCUT2D eigenvalue weighted by molar-refractivity contribution is 6.16. The van der Waals surface area contributed by atoms with Crippen LogP contribution in [0.15, 0.2) is 54.7 Å². The Morgan fingerprint density at radius 2 is 1.74 bits per heavy atom. The Balaban J connectivity index is 1.66. The van der Waals surface area contributed by atoms with Gasteiger partial charge in [0.15, 0.2) is 17.4 Å². The number of rotatable bonds is 9. The molecule has 1 heterocycles. The summed E-state index contributed by atoms with van der Waals surface area (Å²) in [5.41, 5.74) is 3.35. The first-order valence-corrected chi connectivity index (χ1v) is 11.4. The Hall–Kier alpha value is -4.45. The van der Waals surface area contributed by atoms with Crippen LogP contribution in [-0.2, 0) is 19.1 Å². The van der Waals surface area contributed by atoms with E-state index < -0.39 is 58.1 Å². The van der Waals surface area contributed by atoms with Crippen LogP contribution in [0.4, 0.5) is 30.4 Å². The third-order valence-corrected chi connectivity index (χ3v) is 6.09. The zero-order valence-electron chi connectivity index (χ0n) is 20.3. The first kappa shape index (κ1) is 26.6. The van der Waals surface area contributed by atoms with Crippen LogP contribution >= 0.6 is 0 Å². The molecule has 1 aromatic heterocycles. The molecule has 0 aliphatic heterocycles. The lowest BCUT2D eigenvalue weighted by Crippen LogP contribution is -2.41. The summed E-state index contributed by atoms with van der Waals surface area (Å²) in [5.74, 6) is -5.35. The van der Waals surface area contributed by atoms with Crippen molar-refractivity contribution < 1.29 is 37.0 Å². The van der Waals surface area contributed by atoms with Gasteiger partial charge in [-0.15, -0.1) is 0 Å². The number of nitrogens with two attached hydrogens (primary N) is 1. The number of pyridine rings is 1. The second kappa shape index (κ2) is 10.5. The Morgan fingerprint density at radius 1 is 1.05 bits per heavy atom. The monoisotopic (exact) mass is 528 g/mol. The molecule has 1 atom stereocenters. The van der Waals surface area contributed by atoms with E-state index in [2.05, 4.69) is 10.3 Å². The zero-order chi connectivity index (χ0) is 27.6. The van der Waals surface area contributed by atoms with Gasteiger partial charge >= 0.3 is 0 Å². The molecule has 0 unspecified atom stereocenters. The van der Waals surface area contributed by atoms with Crippen LogP contribution in [0.25, 0.3) is 0 Å². The molecule has 2 aromatic carbocycles. The molecule has 38 heavy (non-hydrogen) atoms. The third-order valence-electron chi connectivity index (χ3n) is 6.09. The minimum absolute atomic E-state index is 0.00991. The van der Waals surface area contributed by atoms with E-state index >= 15 is 8.78 Å². The highest BCUT2D eigenvalue weighted by atomic mass is 19.1. The molecule has 1 aliphatic carbocycles. The van der Waals surface area contributed by atoms with Gasteiger partial charge in [0, 0.05) is 37.2 Å². The molecule has 3 N–H and O–H groups in total. The lowest BCUT2D eigenvalue weighted by Gasteiger charge is -2.27. The van der Waals surface area contributed by atoms with Crippen molar-refractivity contribution >= 4 is 34.9 Å².